The van der Waals surface area contributed by atoms with Gasteiger partial charge in [-0.05, 0) is 31.0 Å². The summed E-state index contributed by atoms with van der Waals surface area (Å²) in [5.74, 6) is 0.867. The van der Waals surface area contributed by atoms with Gasteiger partial charge in [0, 0.05) is 19.0 Å². The summed E-state index contributed by atoms with van der Waals surface area (Å²) in [6, 6.07) is 5.13. The minimum Gasteiger partial charge on any atom is -0.495 e. The van der Waals surface area contributed by atoms with Crippen molar-refractivity contribution in [3.8, 4) is 5.75 Å². The normalized spacial score (nSPS) is 19.5. The lowest BCUT2D eigenvalue weighted by Gasteiger charge is -2.18. The molecule has 1 fully saturated rings. The first-order valence-corrected chi connectivity index (χ1v) is 8.37. The van der Waals surface area contributed by atoms with Gasteiger partial charge in [0.1, 0.15) is 10.6 Å². The number of nitrogens with zero attached hydrogens (tertiary/aromatic N) is 3. The summed E-state index contributed by atoms with van der Waals surface area (Å²) in [5, 5.41) is 3.80. The molecular formula is C14H17N3O4S. The minimum absolute atomic E-state index is 0.0377. The number of hydrogen-bond donors (Lipinski definition) is 0. The van der Waals surface area contributed by atoms with Crippen molar-refractivity contribution in [3.05, 3.63) is 36.0 Å². The zero-order valence-electron chi connectivity index (χ0n) is 12.4. The van der Waals surface area contributed by atoms with E-state index in [0.717, 1.165) is 5.56 Å². The Bertz CT molecular complexity index is 758. The summed E-state index contributed by atoms with van der Waals surface area (Å²) in [4.78, 5) is 4.21. The molecule has 118 valence electrons. The van der Waals surface area contributed by atoms with Gasteiger partial charge in [0.15, 0.2) is 5.82 Å². The molecule has 0 N–H and O–H groups in total. The molecule has 0 aliphatic carbocycles. The lowest BCUT2D eigenvalue weighted by atomic mass is 10.1. The maximum Gasteiger partial charge on any atom is 0.246 e. The van der Waals surface area contributed by atoms with Gasteiger partial charge in [0.25, 0.3) is 0 Å². The van der Waals surface area contributed by atoms with Crippen LogP contribution in [0.5, 0.6) is 5.75 Å². The average Bonchev–Trinajstić information content (AvgIpc) is 3.18. The number of methoxy groups -OCH3 is 1. The Labute approximate surface area is 128 Å². The first-order chi connectivity index (χ1) is 10.5. The Balaban J connectivity index is 1.90. The number of benzene rings is 1. The zero-order valence-corrected chi connectivity index (χ0v) is 13.2. The second kappa shape index (κ2) is 5.69. The van der Waals surface area contributed by atoms with Crippen molar-refractivity contribution < 1.29 is 17.7 Å². The fourth-order valence-corrected chi connectivity index (χ4v) is 4.38. The summed E-state index contributed by atoms with van der Waals surface area (Å²) in [6.45, 7) is 2.63. The summed E-state index contributed by atoms with van der Waals surface area (Å²) in [7, 11) is -2.14. The van der Waals surface area contributed by atoms with Crippen LogP contribution < -0.4 is 4.74 Å². The van der Waals surface area contributed by atoms with Gasteiger partial charge < -0.3 is 9.26 Å². The molecule has 3 rings (SSSR count). The van der Waals surface area contributed by atoms with Gasteiger partial charge in [-0.1, -0.05) is 11.2 Å². The van der Waals surface area contributed by atoms with Crippen LogP contribution in [0.4, 0.5) is 0 Å². The molecule has 1 unspecified atom stereocenters. The van der Waals surface area contributed by atoms with E-state index >= 15 is 0 Å². The van der Waals surface area contributed by atoms with Gasteiger partial charge in [-0.2, -0.15) is 9.29 Å². The van der Waals surface area contributed by atoms with Crippen molar-refractivity contribution in [2.24, 2.45) is 0 Å². The Morgan fingerprint density at radius 3 is 2.91 bits per heavy atom. The lowest BCUT2D eigenvalue weighted by Crippen LogP contribution is -2.29. The minimum atomic E-state index is -3.61. The highest BCUT2D eigenvalue weighted by atomic mass is 32.2. The van der Waals surface area contributed by atoms with E-state index in [9.17, 15) is 8.42 Å². The topological polar surface area (TPSA) is 85.5 Å². The number of aromatic nitrogens is 2. The molecule has 0 saturated carbocycles. The average molecular weight is 323 g/mol. The molecule has 1 aliphatic heterocycles. The van der Waals surface area contributed by atoms with Crippen LogP contribution in [-0.4, -0.2) is 43.1 Å². The predicted octanol–water partition coefficient (Wildman–Crippen LogP) is 1.56. The molecule has 1 aliphatic rings. The molecule has 0 bridgehead atoms. The lowest BCUT2D eigenvalue weighted by molar-refractivity contribution is 0.396. The highest BCUT2D eigenvalue weighted by Crippen LogP contribution is 2.33. The van der Waals surface area contributed by atoms with E-state index in [0.29, 0.717) is 31.1 Å². The summed E-state index contributed by atoms with van der Waals surface area (Å²) in [5.41, 5.74) is 0.869. The quantitative estimate of drug-likeness (QED) is 0.849. The number of sulfonamides is 1. The van der Waals surface area contributed by atoms with Gasteiger partial charge in [-0.15, -0.1) is 0 Å². The maximum atomic E-state index is 12.9. The van der Waals surface area contributed by atoms with Crippen LogP contribution in [0, 0.1) is 6.92 Å². The van der Waals surface area contributed by atoms with Crippen molar-refractivity contribution in [2.45, 2.75) is 24.2 Å². The molecule has 1 aromatic heterocycles. The van der Waals surface area contributed by atoms with E-state index in [1.54, 1.807) is 12.1 Å². The second-order valence-electron chi connectivity index (χ2n) is 5.29. The molecule has 2 aromatic rings. The van der Waals surface area contributed by atoms with Gasteiger partial charge in [0.05, 0.1) is 7.11 Å². The summed E-state index contributed by atoms with van der Waals surface area (Å²) >= 11 is 0. The van der Waals surface area contributed by atoms with E-state index in [4.69, 9.17) is 9.26 Å². The summed E-state index contributed by atoms with van der Waals surface area (Å²) in [6.07, 6.45) is 1.93. The van der Waals surface area contributed by atoms with E-state index in [1.807, 2.05) is 13.0 Å². The molecule has 0 spiro atoms. The molecule has 1 atom stereocenters. The predicted molar refractivity (Wildman–Crippen MR) is 78.1 cm³/mol. The van der Waals surface area contributed by atoms with Crippen LogP contribution in [-0.2, 0) is 10.0 Å². The Morgan fingerprint density at radius 1 is 1.41 bits per heavy atom. The monoisotopic (exact) mass is 323 g/mol. The largest absolute Gasteiger partial charge is 0.495 e. The van der Waals surface area contributed by atoms with Crippen molar-refractivity contribution in [3.63, 3.8) is 0 Å². The van der Waals surface area contributed by atoms with Gasteiger partial charge in [0.2, 0.25) is 16.4 Å². The highest BCUT2D eigenvalue weighted by Gasteiger charge is 2.36. The Kier molecular flexibility index (Phi) is 3.88. The van der Waals surface area contributed by atoms with Gasteiger partial charge >= 0.3 is 0 Å². The smallest absolute Gasteiger partial charge is 0.246 e. The van der Waals surface area contributed by atoms with Crippen molar-refractivity contribution in [1.82, 2.24) is 14.4 Å². The third-order valence-corrected chi connectivity index (χ3v) is 5.72. The number of ether oxygens (including phenoxy) is 1. The van der Waals surface area contributed by atoms with Crippen LogP contribution in [0.15, 0.2) is 34.0 Å². The SMILES string of the molecule is COc1ccc(C)cc1S(=O)(=O)N1CCC(c2ncon2)C1. The van der Waals surface area contributed by atoms with E-state index in [1.165, 1.54) is 17.8 Å². The third-order valence-electron chi connectivity index (χ3n) is 3.83. The van der Waals surface area contributed by atoms with Crippen molar-refractivity contribution >= 4 is 10.0 Å². The van der Waals surface area contributed by atoms with Gasteiger partial charge in [-0.25, -0.2) is 8.42 Å². The Hall–Kier alpha value is -1.93. The van der Waals surface area contributed by atoms with Crippen LogP contribution in [0.1, 0.15) is 23.7 Å². The van der Waals surface area contributed by atoms with E-state index < -0.39 is 10.0 Å². The molecule has 0 amide bonds. The number of rotatable bonds is 4. The fraction of sp³-hybridized carbons (Fsp3) is 0.429. The standard InChI is InChI=1S/C14H17N3O4S/c1-10-3-4-12(20-2)13(7-10)22(18,19)17-6-5-11(8-17)14-15-9-21-16-14/h3-4,7,9,11H,5-6,8H2,1-2H3. The van der Waals surface area contributed by atoms with E-state index in [2.05, 4.69) is 10.1 Å². The molecule has 0 radical (unpaired) electrons. The van der Waals surface area contributed by atoms with Gasteiger partial charge in [-0.3, -0.25) is 0 Å². The third kappa shape index (κ3) is 2.59. The van der Waals surface area contributed by atoms with Crippen LogP contribution in [0.25, 0.3) is 0 Å². The molecule has 7 nitrogen and oxygen atoms in total. The van der Waals surface area contributed by atoms with E-state index in [-0.39, 0.29) is 10.8 Å². The molecule has 1 aromatic carbocycles. The first kappa shape index (κ1) is 15.0. The molecule has 8 heteroatoms. The molecule has 2 heterocycles. The highest BCUT2D eigenvalue weighted by molar-refractivity contribution is 7.89. The second-order valence-corrected chi connectivity index (χ2v) is 7.20. The molecule has 1 saturated heterocycles. The van der Waals surface area contributed by atoms with Crippen molar-refractivity contribution in [2.75, 3.05) is 20.2 Å². The zero-order chi connectivity index (χ0) is 15.7. The van der Waals surface area contributed by atoms with Crippen LogP contribution in [0.3, 0.4) is 0 Å². The Morgan fingerprint density at radius 2 is 2.23 bits per heavy atom. The maximum absolute atomic E-state index is 12.9. The fourth-order valence-electron chi connectivity index (χ4n) is 2.64. The number of hydrogen-bond acceptors (Lipinski definition) is 6. The first-order valence-electron chi connectivity index (χ1n) is 6.93. The number of aryl methyl sites for hydroxylation is 1. The molecular weight excluding hydrogens is 306 g/mol. The van der Waals surface area contributed by atoms with Crippen molar-refractivity contribution in [1.29, 1.82) is 0 Å². The molecule has 22 heavy (non-hydrogen) atoms. The van der Waals surface area contributed by atoms with Crippen LogP contribution >= 0.6 is 0 Å². The van der Waals surface area contributed by atoms with Crippen LogP contribution in [0.2, 0.25) is 0 Å². The summed E-state index contributed by atoms with van der Waals surface area (Å²) < 4.78 is 37.1.